The minimum Gasteiger partial charge on any atom is -0.479 e. The van der Waals surface area contributed by atoms with Crippen LogP contribution in [0.1, 0.15) is 35.6 Å². The van der Waals surface area contributed by atoms with Crippen LogP contribution < -0.4 is 0 Å². The molecular formula is C20H18F2N8O2. The van der Waals surface area contributed by atoms with Crippen LogP contribution in [0.25, 0.3) is 22.3 Å². The first-order valence-corrected chi connectivity index (χ1v) is 9.73. The summed E-state index contributed by atoms with van der Waals surface area (Å²) in [4.78, 5) is 15.9. The van der Waals surface area contributed by atoms with E-state index in [1.165, 1.54) is 7.11 Å². The SMILES string of the molecule is COC(=NC=N)c1[nH]ccc1-c1cnc2nc(C)n(Cc3nnc(C4CC4(F)F)o3)c2c1. The summed E-state index contributed by atoms with van der Waals surface area (Å²) in [5, 5.41) is 14.9. The fraction of sp³-hybridized carbons (Fsp3) is 0.300. The predicted molar refractivity (Wildman–Crippen MR) is 110 cm³/mol. The van der Waals surface area contributed by atoms with E-state index in [0.29, 0.717) is 22.7 Å². The Kier molecular flexibility index (Phi) is 4.57. The lowest BCUT2D eigenvalue weighted by Crippen LogP contribution is -2.06. The smallest absolute Gasteiger partial charge is 0.260 e. The number of aryl methyl sites for hydroxylation is 1. The number of methoxy groups -OCH3 is 1. The Morgan fingerprint density at radius 2 is 2.28 bits per heavy atom. The van der Waals surface area contributed by atoms with Crippen LogP contribution in [0.2, 0.25) is 0 Å². The summed E-state index contributed by atoms with van der Waals surface area (Å²) in [5.41, 5.74) is 3.40. The molecular weight excluding hydrogens is 422 g/mol. The molecule has 0 saturated heterocycles. The summed E-state index contributed by atoms with van der Waals surface area (Å²) >= 11 is 0. The van der Waals surface area contributed by atoms with Crippen LogP contribution in [0, 0.1) is 12.3 Å². The number of hydrogen-bond acceptors (Lipinski definition) is 7. The van der Waals surface area contributed by atoms with E-state index in [-0.39, 0.29) is 30.6 Å². The monoisotopic (exact) mass is 440 g/mol. The van der Waals surface area contributed by atoms with Gasteiger partial charge in [-0.05, 0) is 19.1 Å². The molecule has 2 N–H and O–H groups in total. The van der Waals surface area contributed by atoms with Gasteiger partial charge in [0.1, 0.15) is 30.3 Å². The molecule has 0 spiro atoms. The zero-order valence-corrected chi connectivity index (χ0v) is 17.1. The topological polar surface area (TPSA) is 131 Å². The van der Waals surface area contributed by atoms with E-state index in [1.807, 2.05) is 23.6 Å². The molecule has 4 aromatic heterocycles. The van der Waals surface area contributed by atoms with Crippen molar-refractivity contribution in [3.8, 4) is 11.1 Å². The van der Waals surface area contributed by atoms with Crippen molar-refractivity contribution in [1.29, 1.82) is 5.41 Å². The van der Waals surface area contributed by atoms with Crippen molar-refractivity contribution in [2.24, 2.45) is 4.99 Å². The fourth-order valence-corrected chi connectivity index (χ4v) is 3.62. The van der Waals surface area contributed by atoms with Gasteiger partial charge >= 0.3 is 0 Å². The number of pyridine rings is 1. The first kappa shape index (κ1) is 20.0. The number of rotatable bonds is 6. The number of fused-ring (bicyclic) bond motifs is 1. The van der Waals surface area contributed by atoms with Gasteiger partial charge in [0.05, 0.1) is 12.6 Å². The number of aliphatic imine (C=N–C) groups is 1. The number of imidazole rings is 1. The highest BCUT2D eigenvalue weighted by Gasteiger charge is 2.60. The van der Waals surface area contributed by atoms with Crippen molar-refractivity contribution in [2.45, 2.75) is 31.7 Å². The van der Waals surface area contributed by atoms with Crippen molar-refractivity contribution in [1.82, 2.24) is 29.7 Å². The zero-order valence-electron chi connectivity index (χ0n) is 17.1. The maximum atomic E-state index is 13.3. The van der Waals surface area contributed by atoms with E-state index in [1.54, 1.807) is 12.4 Å². The Bertz CT molecular complexity index is 1350. The van der Waals surface area contributed by atoms with Gasteiger partial charge in [0.15, 0.2) is 5.65 Å². The average molecular weight is 440 g/mol. The van der Waals surface area contributed by atoms with Gasteiger partial charge in [-0.2, -0.15) is 0 Å². The standard InChI is InChI=1S/C20H18F2N8O2/c1-10-27-17-14(30(10)8-15-28-29-18(32-15)13-6-20(13,21)22)5-11(7-25-17)12-3-4-24-16(12)19(31-2)26-9-23/h3-5,7,9,13,23-24H,6,8H2,1-2H3. The summed E-state index contributed by atoms with van der Waals surface area (Å²) in [6.07, 6.45) is 4.06. The molecule has 1 saturated carbocycles. The third-order valence-corrected chi connectivity index (χ3v) is 5.34. The molecule has 1 aliphatic rings. The van der Waals surface area contributed by atoms with Crippen molar-refractivity contribution in [3.63, 3.8) is 0 Å². The van der Waals surface area contributed by atoms with E-state index in [4.69, 9.17) is 14.6 Å². The molecule has 0 bridgehead atoms. The summed E-state index contributed by atoms with van der Waals surface area (Å²) in [7, 11) is 1.48. The molecule has 0 aromatic carbocycles. The maximum absolute atomic E-state index is 13.3. The van der Waals surface area contributed by atoms with Gasteiger partial charge in [-0.1, -0.05) is 0 Å². The molecule has 0 amide bonds. The predicted octanol–water partition coefficient (Wildman–Crippen LogP) is 3.29. The number of aromatic amines is 1. The molecule has 4 heterocycles. The summed E-state index contributed by atoms with van der Waals surface area (Å²) in [5.74, 6) is -2.66. The van der Waals surface area contributed by atoms with Gasteiger partial charge < -0.3 is 18.7 Å². The fourth-order valence-electron chi connectivity index (χ4n) is 3.62. The number of H-pyrrole nitrogens is 1. The highest BCUT2D eigenvalue weighted by Crippen LogP contribution is 2.55. The second kappa shape index (κ2) is 7.32. The first-order chi connectivity index (χ1) is 15.4. The molecule has 1 atom stereocenters. The Hall–Kier alpha value is -3.96. The lowest BCUT2D eigenvalue weighted by Gasteiger charge is -2.07. The Balaban J connectivity index is 1.51. The molecule has 5 rings (SSSR count). The van der Waals surface area contributed by atoms with Crippen molar-refractivity contribution in [3.05, 3.63) is 47.8 Å². The number of nitrogens with one attached hydrogen (secondary N) is 2. The number of aromatic nitrogens is 6. The second-order valence-corrected chi connectivity index (χ2v) is 7.40. The minimum atomic E-state index is -2.77. The second-order valence-electron chi connectivity index (χ2n) is 7.40. The number of hydrogen-bond donors (Lipinski definition) is 2. The van der Waals surface area contributed by atoms with Crippen LogP contribution in [0.5, 0.6) is 0 Å². The van der Waals surface area contributed by atoms with Crippen molar-refractivity contribution in [2.75, 3.05) is 7.11 Å². The summed E-state index contributed by atoms with van der Waals surface area (Å²) in [6, 6.07) is 3.75. The molecule has 1 fully saturated rings. The van der Waals surface area contributed by atoms with Crippen LogP contribution in [-0.4, -0.2) is 55.0 Å². The van der Waals surface area contributed by atoms with Crippen molar-refractivity contribution < 1.29 is 17.9 Å². The number of ether oxygens (including phenoxy) is 1. The Morgan fingerprint density at radius 3 is 3.00 bits per heavy atom. The number of alkyl halides is 2. The lowest BCUT2D eigenvalue weighted by atomic mass is 10.1. The lowest BCUT2D eigenvalue weighted by molar-refractivity contribution is 0.107. The van der Waals surface area contributed by atoms with E-state index >= 15 is 0 Å². The third kappa shape index (κ3) is 3.33. The van der Waals surface area contributed by atoms with Gasteiger partial charge in [-0.15, -0.1) is 10.2 Å². The van der Waals surface area contributed by atoms with E-state index in [0.717, 1.165) is 17.5 Å². The van der Waals surface area contributed by atoms with Gasteiger partial charge in [0.25, 0.3) is 5.92 Å². The zero-order chi connectivity index (χ0) is 22.5. The molecule has 12 heteroatoms. The number of nitrogens with zero attached hydrogens (tertiary/aromatic N) is 6. The molecule has 0 radical (unpaired) electrons. The van der Waals surface area contributed by atoms with Gasteiger partial charge in [-0.3, -0.25) is 5.41 Å². The average Bonchev–Trinajstić information content (AvgIpc) is 3.22. The molecule has 1 unspecified atom stereocenters. The van der Waals surface area contributed by atoms with Gasteiger partial charge in [0, 0.05) is 29.9 Å². The van der Waals surface area contributed by atoms with Crippen LogP contribution in [-0.2, 0) is 11.3 Å². The quantitative estimate of drug-likeness (QED) is 0.349. The van der Waals surface area contributed by atoms with Crippen LogP contribution in [0.15, 0.2) is 33.9 Å². The van der Waals surface area contributed by atoms with Crippen LogP contribution in [0.4, 0.5) is 8.78 Å². The van der Waals surface area contributed by atoms with E-state index in [9.17, 15) is 8.78 Å². The maximum Gasteiger partial charge on any atom is 0.260 e. The van der Waals surface area contributed by atoms with Crippen LogP contribution >= 0.6 is 0 Å². The molecule has 0 aliphatic heterocycles. The van der Waals surface area contributed by atoms with Gasteiger partial charge in [0.2, 0.25) is 17.7 Å². The molecule has 164 valence electrons. The highest BCUT2D eigenvalue weighted by atomic mass is 19.3. The Morgan fingerprint density at radius 1 is 1.47 bits per heavy atom. The minimum absolute atomic E-state index is 0.0413. The molecule has 4 aromatic rings. The molecule has 32 heavy (non-hydrogen) atoms. The Labute approximate surface area is 179 Å². The van der Waals surface area contributed by atoms with Gasteiger partial charge in [-0.25, -0.2) is 23.7 Å². The van der Waals surface area contributed by atoms with E-state index in [2.05, 4.69) is 30.1 Å². The van der Waals surface area contributed by atoms with Crippen LogP contribution in [0.3, 0.4) is 0 Å². The highest BCUT2D eigenvalue weighted by molar-refractivity contribution is 6.02. The first-order valence-electron chi connectivity index (χ1n) is 9.73. The largest absolute Gasteiger partial charge is 0.479 e. The van der Waals surface area contributed by atoms with Crippen molar-refractivity contribution >= 4 is 23.4 Å². The third-order valence-electron chi connectivity index (χ3n) is 5.34. The normalized spacial score (nSPS) is 17.6. The molecule has 1 aliphatic carbocycles. The summed E-state index contributed by atoms with van der Waals surface area (Å²) < 4.78 is 39.2. The molecule has 10 nitrogen and oxygen atoms in total. The number of halogens is 2. The van der Waals surface area contributed by atoms with E-state index < -0.39 is 11.8 Å². The summed E-state index contributed by atoms with van der Waals surface area (Å²) in [6.45, 7) is 1.99.